The van der Waals surface area contributed by atoms with E-state index < -0.39 is 5.41 Å². The first kappa shape index (κ1) is 26.2. The topological polar surface area (TPSA) is 93.4 Å². The zero-order chi connectivity index (χ0) is 26.5. The van der Waals surface area contributed by atoms with Crippen molar-refractivity contribution >= 4 is 0 Å². The molecule has 2 aliphatic rings. The fourth-order valence-electron chi connectivity index (χ4n) is 6.34. The second-order valence-corrected chi connectivity index (χ2v) is 11.3. The van der Waals surface area contributed by atoms with Crippen molar-refractivity contribution in [1.29, 1.82) is 0 Å². The van der Waals surface area contributed by atoms with Crippen molar-refractivity contribution < 1.29 is 0 Å². The summed E-state index contributed by atoms with van der Waals surface area (Å²) in [6, 6.07) is 8.51. The molecule has 0 amide bonds. The van der Waals surface area contributed by atoms with Crippen LogP contribution >= 0.6 is 0 Å². The number of nitrogens with one attached hydrogen (secondary N) is 2. The number of aryl methyl sites for hydroxylation is 1. The highest BCUT2D eigenvalue weighted by Gasteiger charge is 2.34. The number of H-pyrrole nitrogens is 1. The predicted octanol–water partition coefficient (Wildman–Crippen LogP) is 5.52. The van der Waals surface area contributed by atoms with Crippen LogP contribution in [0, 0.1) is 11.8 Å². The van der Waals surface area contributed by atoms with Gasteiger partial charge in [0, 0.05) is 30.0 Å². The number of hydrogen-bond donors (Lipinski definition) is 2. The molecule has 1 aliphatic carbocycles. The van der Waals surface area contributed by atoms with Gasteiger partial charge in [-0.2, -0.15) is 5.21 Å². The van der Waals surface area contributed by atoms with Gasteiger partial charge in [0.05, 0.1) is 5.41 Å². The van der Waals surface area contributed by atoms with E-state index in [-0.39, 0.29) is 11.7 Å². The molecular weight excluding hydrogens is 474 g/mol. The Morgan fingerprint density at radius 1 is 1.13 bits per heavy atom. The minimum Gasteiger partial charge on any atom is -0.368 e. The highest BCUT2D eigenvalue weighted by molar-refractivity contribution is 5.57. The number of aromatic nitrogens is 6. The average Bonchev–Trinajstić information content (AvgIpc) is 3.50. The van der Waals surface area contributed by atoms with Crippen LogP contribution < -0.4 is 11.0 Å². The maximum atomic E-state index is 14.3. The molecule has 0 spiro atoms. The minimum atomic E-state index is -0.483. The number of aromatic amines is 1. The summed E-state index contributed by atoms with van der Waals surface area (Å²) in [4.78, 5) is 14.3. The Morgan fingerprint density at radius 3 is 2.68 bits per heavy atom. The van der Waals surface area contributed by atoms with Crippen LogP contribution in [0.4, 0.5) is 0 Å². The van der Waals surface area contributed by atoms with E-state index in [1.807, 2.05) is 24.5 Å². The highest BCUT2D eigenvalue weighted by atomic mass is 16.1. The number of benzene rings is 1. The van der Waals surface area contributed by atoms with Crippen LogP contribution in [0.2, 0.25) is 0 Å². The van der Waals surface area contributed by atoms with Crippen molar-refractivity contribution in [3.05, 3.63) is 76.8 Å². The van der Waals surface area contributed by atoms with E-state index >= 15 is 0 Å². The molecule has 1 fully saturated rings. The number of rotatable bonds is 9. The van der Waals surface area contributed by atoms with E-state index in [1.54, 1.807) is 0 Å². The first-order valence-electron chi connectivity index (χ1n) is 14.3. The molecule has 1 aromatic carbocycles. The van der Waals surface area contributed by atoms with Crippen LogP contribution in [0.15, 0.2) is 59.8 Å². The van der Waals surface area contributed by atoms with Gasteiger partial charge in [0.25, 0.3) is 0 Å². The molecule has 2 N–H and O–H groups in total. The van der Waals surface area contributed by atoms with Gasteiger partial charge in [0.1, 0.15) is 0 Å². The number of imidazole rings is 1. The lowest BCUT2D eigenvalue weighted by molar-refractivity contribution is 0.234. The molecule has 1 saturated carbocycles. The molecule has 3 heterocycles. The van der Waals surface area contributed by atoms with Crippen LogP contribution in [0.3, 0.4) is 0 Å². The monoisotopic (exact) mass is 515 g/mol. The molecule has 2 atom stereocenters. The van der Waals surface area contributed by atoms with Crippen molar-refractivity contribution in [2.45, 2.75) is 90.1 Å². The largest absolute Gasteiger partial charge is 0.368 e. The lowest BCUT2D eigenvalue weighted by Gasteiger charge is -2.31. The van der Waals surface area contributed by atoms with Gasteiger partial charge in [-0.3, -0.25) is 9.13 Å². The summed E-state index contributed by atoms with van der Waals surface area (Å²) in [5.41, 5.74) is 2.76. The van der Waals surface area contributed by atoms with Gasteiger partial charge in [0.15, 0.2) is 0 Å². The fourth-order valence-corrected chi connectivity index (χ4v) is 6.34. The van der Waals surface area contributed by atoms with Crippen LogP contribution in [-0.2, 0) is 18.4 Å². The molecule has 0 saturated heterocycles. The second-order valence-electron chi connectivity index (χ2n) is 11.3. The average molecular weight is 516 g/mol. The molecule has 38 heavy (non-hydrogen) atoms. The summed E-state index contributed by atoms with van der Waals surface area (Å²) in [6.45, 7) is 7.39. The van der Waals surface area contributed by atoms with Crippen molar-refractivity contribution in [1.82, 2.24) is 35.1 Å². The number of allylic oxidation sites excluding steroid dienone is 2. The molecule has 2 aromatic heterocycles. The summed E-state index contributed by atoms with van der Waals surface area (Å²) in [7, 11) is 0. The third-order valence-electron chi connectivity index (χ3n) is 8.50. The molecule has 3 aromatic rings. The maximum absolute atomic E-state index is 14.3. The molecule has 8 heteroatoms. The molecule has 8 nitrogen and oxygen atoms in total. The highest BCUT2D eigenvalue weighted by Crippen LogP contribution is 2.38. The van der Waals surface area contributed by atoms with Gasteiger partial charge in [-0.05, 0) is 66.8 Å². The third-order valence-corrected chi connectivity index (χ3v) is 8.50. The first-order valence-corrected chi connectivity index (χ1v) is 14.3. The van der Waals surface area contributed by atoms with Gasteiger partial charge >= 0.3 is 5.69 Å². The first-order chi connectivity index (χ1) is 18.5. The normalized spacial score (nSPS) is 20.9. The SMILES string of the molecule is CCCCc1cn(C2CCCCCC2C(C)C)c(=O)n1CC1(c2cccc(-c3nn[nH]n3)c2)C=CNC=C1. The van der Waals surface area contributed by atoms with Gasteiger partial charge in [-0.25, -0.2) is 4.79 Å². The number of hydrogen-bond acceptors (Lipinski definition) is 5. The standard InChI is InChI=1S/C30H41N7O/c1-4-5-12-25-20-36(27-14-8-6-7-13-26(27)22(2)3)29(38)37(25)21-30(15-17-31-18-16-30)24-11-9-10-23(19-24)28-32-34-35-33-28/h9-11,15-20,22,26-27,31H,4-8,12-14,21H2,1-3H3,(H,32,33,34,35). The molecule has 0 radical (unpaired) electrons. The Labute approximate surface area is 225 Å². The lowest BCUT2D eigenvalue weighted by Crippen LogP contribution is -2.38. The zero-order valence-electron chi connectivity index (χ0n) is 22.9. The van der Waals surface area contributed by atoms with Gasteiger partial charge < -0.3 is 5.32 Å². The van der Waals surface area contributed by atoms with E-state index in [2.05, 4.69) is 86.3 Å². The van der Waals surface area contributed by atoms with E-state index in [1.165, 1.54) is 25.7 Å². The number of dihydropyridines is 1. The fraction of sp³-hybridized carbons (Fsp3) is 0.533. The van der Waals surface area contributed by atoms with Crippen molar-refractivity contribution in [2.24, 2.45) is 11.8 Å². The number of nitrogens with zero attached hydrogens (tertiary/aromatic N) is 5. The Kier molecular flexibility index (Phi) is 7.95. The lowest BCUT2D eigenvalue weighted by atomic mass is 9.78. The summed E-state index contributed by atoms with van der Waals surface area (Å²) < 4.78 is 4.16. The van der Waals surface area contributed by atoms with Crippen LogP contribution in [0.5, 0.6) is 0 Å². The molecular formula is C30H41N7O. The summed E-state index contributed by atoms with van der Waals surface area (Å²) in [5, 5.41) is 17.8. The van der Waals surface area contributed by atoms with E-state index in [9.17, 15) is 4.79 Å². The third kappa shape index (κ3) is 5.26. The smallest absolute Gasteiger partial charge is 0.328 e. The summed E-state index contributed by atoms with van der Waals surface area (Å²) in [5.74, 6) is 1.65. The van der Waals surface area contributed by atoms with Gasteiger partial charge in [0.2, 0.25) is 5.82 Å². The Hall–Kier alpha value is -3.42. The van der Waals surface area contributed by atoms with Gasteiger partial charge in [-0.15, -0.1) is 10.2 Å². The van der Waals surface area contributed by atoms with Crippen molar-refractivity contribution in [3.8, 4) is 11.4 Å². The molecule has 2 unspecified atom stereocenters. The predicted molar refractivity (Wildman–Crippen MR) is 150 cm³/mol. The Bertz CT molecular complexity index is 1300. The number of unbranched alkanes of at least 4 members (excludes halogenated alkanes) is 1. The Balaban J connectivity index is 1.58. The van der Waals surface area contributed by atoms with Crippen LogP contribution in [0.1, 0.15) is 83.0 Å². The molecule has 5 rings (SSSR count). The van der Waals surface area contributed by atoms with Gasteiger partial charge in [-0.1, -0.05) is 76.8 Å². The molecule has 1 aliphatic heterocycles. The van der Waals surface area contributed by atoms with E-state index in [0.717, 1.165) is 42.5 Å². The van der Waals surface area contributed by atoms with Crippen LogP contribution in [-0.4, -0.2) is 29.8 Å². The van der Waals surface area contributed by atoms with E-state index in [0.29, 0.717) is 24.2 Å². The van der Waals surface area contributed by atoms with E-state index in [4.69, 9.17) is 0 Å². The molecule has 0 bridgehead atoms. The number of tetrazole rings is 1. The zero-order valence-corrected chi connectivity index (χ0v) is 22.9. The minimum absolute atomic E-state index is 0.127. The quantitative estimate of drug-likeness (QED) is 0.366. The maximum Gasteiger partial charge on any atom is 0.328 e. The summed E-state index contributed by atoms with van der Waals surface area (Å²) >= 11 is 0. The van der Waals surface area contributed by atoms with Crippen molar-refractivity contribution in [2.75, 3.05) is 0 Å². The van der Waals surface area contributed by atoms with Crippen molar-refractivity contribution in [3.63, 3.8) is 0 Å². The second kappa shape index (κ2) is 11.5. The molecule has 202 valence electrons. The van der Waals surface area contributed by atoms with Crippen LogP contribution in [0.25, 0.3) is 11.4 Å². The summed E-state index contributed by atoms with van der Waals surface area (Å²) in [6.07, 6.45) is 19.5. The Morgan fingerprint density at radius 2 is 1.95 bits per heavy atom.